The fourth-order valence-electron chi connectivity index (χ4n) is 4.45. The van der Waals surface area contributed by atoms with Crippen LogP contribution in [0.3, 0.4) is 0 Å². The first kappa shape index (κ1) is 23.9. The van der Waals surface area contributed by atoms with Gasteiger partial charge in [-0.3, -0.25) is 9.59 Å². The van der Waals surface area contributed by atoms with Crippen molar-refractivity contribution in [2.45, 2.75) is 56.7 Å². The first-order valence-corrected chi connectivity index (χ1v) is 12.3. The van der Waals surface area contributed by atoms with Crippen molar-refractivity contribution < 1.29 is 14.0 Å². The van der Waals surface area contributed by atoms with Gasteiger partial charge in [0.15, 0.2) is 11.3 Å². The van der Waals surface area contributed by atoms with Crippen LogP contribution in [0.15, 0.2) is 30.6 Å². The van der Waals surface area contributed by atoms with Gasteiger partial charge in [-0.1, -0.05) is 0 Å². The Bertz CT molecular complexity index is 1250. The molecule has 2 aliphatic carbocycles. The third kappa shape index (κ3) is 5.70. The van der Waals surface area contributed by atoms with Gasteiger partial charge in [0.25, 0.3) is 5.91 Å². The molecule has 0 saturated heterocycles. The van der Waals surface area contributed by atoms with Crippen molar-refractivity contribution in [1.29, 1.82) is 0 Å². The molecule has 0 spiro atoms. The summed E-state index contributed by atoms with van der Waals surface area (Å²) in [5.41, 5.74) is 1.89. The SMILES string of the molecule is CNCC(=O)N[C@H]1CC[C@H](Nc2cc(NC3CC3)c3ncc(C(=O)Nc4ccnc(F)c4)n3n2)CC1. The second kappa shape index (κ2) is 10.4. The van der Waals surface area contributed by atoms with Gasteiger partial charge < -0.3 is 26.6 Å². The standard InChI is InChI=1S/C24H30FN9O2/c1-26-13-22(35)31-16-6-4-15(5-7-16)30-21-11-18(29-14-2-3-14)23-28-12-19(34(23)33-21)24(36)32-17-8-9-27-20(25)10-17/h8-12,14-16,26,29H,2-7,13H2,1H3,(H,30,33)(H,31,35)(H,27,32,36)/t15-,16-. The maximum Gasteiger partial charge on any atom is 0.276 e. The van der Waals surface area contributed by atoms with Crippen LogP contribution < -0.4 is 26.6 Å². The van der Waals surface area contributed by atoms with Gasteiger partial charge in [0.2, 0.25) is 11.9 Å². The molecule has 5 N–H and O–H groups in total. The van der Waals surface area contributed by atoms with Crippen molar-refractivity contribution in [3.8, 4) is 0 Å². The number of nitrogens with zero attached hydrogens (tertiary/aromatic N) is 4. The molecule has 2 aliphatic rings. The summed E-state index contributed by atoms with van der Waals surface area (Å²) in [6, 6.07) is 5.35. The number of fused-ring (bicyclic) bond motifs is 1. The number of hydrogen-bond acceptors (Lipinski definition) is 8. The zero-order chi connectivity index (χ0) is 25.1. The van der Waals surface area contributed by atoms with Gasteiger partial charge >= 0.3 is 0 Å². The van der Waals surface area contributed by atoms with E-state index in [0.717, 1.165) is 50.3 Å². The van der Waals surface area contributed by atoms with E-state index in [-0.39, 0.29) is 23.7 Å². The van der Waals surface area contributed by atoms with Gasteiger partial charge in [-0.05, 0) is 51.6 Å². The predicted octanol–water partition coefficient (Wildman–Crippen LogP) is 2.15. The van der Waals surface area contributed by atoms with Crippen LogP contribution in [0, 0.1) is 5.95 Å². The number of carbonyl (C=O) groups excluding carboxylic acids is 2. The number of carbonyl (C=O) groups is 2. The molecular weight excluding hydrogens is 465 g/mol. The molecule has 12 heteroatoms. The molecule has 0 radical (unpaired) electrons. The molecule has 3 aromatic rings. The lowest BCUT2D eigenvalue weighted by molar-refractivity contribution is -0.121. The Balaban J connectivity index is 1.33. The normalized spacial score (nSPS) is 19.6. The highest BCUT2D eigenvalue weighted by molar-refractivity contribution is 6.03. The quantitative estimate of drug-likeness (QED) is 0.285. The minimum absolute atomic E-state index is 0.0113. The lowest BCUT2D eigenvalue weighted by atomic mass is 9.91. The summed E-state index contributed by atoms with van der Waals surface area (Å²) in [5, 5.41) is 20.3. The summed E-state index contributed by atoms with van der Waals surface area (Å²) >= 11 is 0. The molecule has 2 fully saturated rings. The molecule has 5 rings (SSSR count). The van der Waals surface area contributed by atoms with E-state index in [1.807, 2.05) is 6.07 Å². The Hall–Kier alpha value is -3.80. The molecule has 2 saturated carbocycles. The average Bonchev–Trinajstić information content (AvgIpc) is 3.55. The molecule has 0 bridgehead atoms. The number of aromatic nitrogens is 4. The Morgan fingerprint density at radius 1 is 1.03 bits per heavy atom. The van der Waals surface area contributed by atoms with E-state index in [1.54, 1.807) is 7.05 Å². The second-order valence-electron chi connectivity index (χ2n) is 9.35. The number of likely N-dealkylation sites (N-methyl/N-ethyl adjacent to an activating group) is 1. The lowest BCUT2D eigenvalue weighted by Gasteiger charge is -2.30. The van der Waals surface area contributed by atoms with Crippen molar-refractivity contribution in [3.63, 3.8) is 0 Å². The summed E-state index contributed by atoms with van der Waals surface area (Å²) in [4.78, 5) is 32.8. The van der Waals surface area contributed by atoms with Gasteiger partial charge in [0.1, 0.15) is 5.82 Å². The van der Waals surface area contributed by atoms with Gasteiger partial charge in [0, 0.05) is 42.1 Å². The number of anilines is 3. The van der Waals surface area contributed by atoms with E-state index in [4.69, 9.17) is 0 Å². The molecule has 0 aromatic carbocycles. The Morgan fingerprint density at radius 3 is 2.47 bits per heavy atom. The highest BCUT2D eigenvalue weighted by Gasteiger charge is 2.26. The maximum absolute atomic E-state index is 13.5. The van der Waals surface area contributed by atoms with Gasteiger partial charge in [0.05, 0.1) is 18.4 Å². The predicted molar refractivity (Wildman–Crippen MR) is 134 cm³/mol. The third-order valence-electron chi connectivity index (χ3n) is 6.40. The molecule has 0 unspecified atom stereocenters. The highest BCUT2D eigenvalue weighted by atomic mass is 19.1. The highest BCUT2D eigenvalue weighted by Crippen LogP contribution is 2.30. The fraction of sp³-hybridized carbons (Fsp3) is 0.458. The number of pyridine rings is 1. The third-order valence-corrected chi connectivity index (χ3v) is 6.40. The van der Waals surface area contributed by atoms with Crippen molar-refractivity contribution >= 4 is 34.7 Å². The Labute approximate surface area is 207 Å². The van der Waals surface area contributed by atoms with Crippen LogP contribution in [-0.2, 0) is 4.79 Å². The molecule has 3 heterocycles. The molecule has 0 aliphatic heterocycles. The minimum atomic E-state index is -0.678. The molecule has 0 atom stereocenters. The molecule has 190 valence electrons. The van der Waals surface area contributed by atoms with E-state index >= 15 is 0 Å². The summed E-state index contributed by atoms with van der Waals surface area (Å²) in [5.74, 6) is -0.483. The molecule has 2 amide bonds. The summed E-state index contributed by atoms with van der Waals surface area (Å²) in [6.07, 6.45) is 8.47. The van der Waals surface area contributed by atoms with E-state index < -0.39 is 11.9 Å². The molecule has 11 nitrogen and oxygen atoms in total. The second-order valence-corrected chi connectivity index (χ2v) is 9.35. The first-order valence-electron chi connectivity index (χ1n) is 12.3. The van der Waals surface area contributed by atoms with Gasteiger partial charge in [-0.25, -0.2) is 14.5 Å². The van der Waals surface area contributed by atoms with Crippen LogP contribution in [0.25, 0.3) is 5.65 Å². The number of nitrogens with one attached hydrogen (secondary N) is 5. The van der Waals surface area contributed by atoms with Crippen LogP contribution >= 0.6 is 0 Å². The van der Waals surface area contributed by atoms with Gasteiger partial charge in [-0.2, -0.15) is 4.39 Å². The smallest absolute Gasteiger partial charge is 0.276 e. The van der Waals surface area contributed by atoms with Crippen LogP contribution in [0.4, 0.5) is 21.6 Å². The van der Waals surface area contributed by atoms with E-state index in [2.05, 4.69) is 41.7 Å². The monoisotopic (exact) mass is 495 g/mol. The van der Waals surface area contributed by atoms with E-state index in [1.165, 1.54) is 23.0 Å². The van der Waals surface area contributed by atoms with Crippen LogP contribution in [0.2, 0.25) is 0 Å². The lowest BCUT2D eigenvalue weighted by Crippen LogP contribution is -2.43. The Morgan fingerprint density at radius 2 is 1.75 bits per heavy atom. The molecule has 36 heavy (non-hydrogen) atoms. The molecule has 3 aromatic heterocycles. The van der Waals surface area contributed by atoms with Crippen molar-refractivity contribution in [1.82, 2.24) is 30.2 Å². The number of amides is 2. The number of imidazole rings is 1. The van der Waals surface area contributed by atoms with E-state index in [9.17, 15) is 14.0 Å². The van der Waals surface area contributed by atoms with Crippen LogP contribution in [0.5, 0.6) is 0 Å². The number of rotatable bonds is 9. The number of halogens is 1. The topological polar surface area (TPSA) is 137 Å². The van der Waals surface area contributed by atoms with E-state index in [0.29, 0.717) is 29.7 Å². The zero-order valence-electron chi connectivity index (χ0n) is 20.1. The van der Waals surface area contributed by atoms with Crippen LogP contribution in [-0.4, -0.2) is 63.1 Å². The Kier molecular flexibility index (Phi) is 6.94. The summed E-state index contributed by atoms with van der Waals surface area (Å²) in [6.45, 7) is 0.315. The zero-order valence-corrected chi connectivity index (χ0v) is 20.1. The van der Waals surface area contributed by atoms with Crippen molar-refractivity contribution in [2.24, 2.45) is 0 Å². The average molecular weight is 496 g/mol. The van der Waals surface area contributed by atoms with Crippen molar-refractivity contribution in [3.05, 3.63) is 42.2 Å². The number of hydrogen-bond donors (Lipinski definition) is 5. The first-order chi connectivity index (χ1) is 17.5. The van der Waals surface area contributed by atoms with Crippen LogP contribution in [0.1, 0.15) is 49.0 Å². The van der Waals surface area contributed by atoms with Gasteiger partial charge in [-0.15, -0.1) is 5.10 Å². The molecular formula is C24H30FN9O2. The largest absolute Gasteiger partial charge is 0.379 e. The minimum Gasteiger partial charge on any atom is -0.379 e. The van der Waals surface area contributed by atoms with Crippen molar-refractivity contribution in [2.75, 3.05) is 29.5 Å². The summed E-state index contributed by atoms with van der Waals surface area (Å²) in [7, 11) is 1.75. The fourth-order valence-corrected chi connectivity index (χ4v) is 4.45. The summed E-state index contributed by atoms with van der Waals surface area (Å²) < 4.78 is 15.0. The maximum atomic E-state index is 13.5.